The highest BCUT2D eigenvalue weighted by Gasteiger charge is 2.14. The lowest BCUT2D eigenvalue weighted by atomic mass is 10.3. The van der Waals surface area contributed by atoms with Crippen molar-refractivity contribution in [1.29, 1.82) is 0 Å². The lowest BCUT2D eigenvalue weighted by Crippen LogP contribution is -2.28. The van der Waals surface area contributed by atoms with E-state index in [9.17, 15) is 12.8 Å². The normalized spacial score (nSPS) is 11.6. The van der Waals surface area contributed by atoms with Crippen LogP contribution in [0.5, 0.6) is 5.75 Å². The first kappa shape index (κ1) is 13.7. The van der Waals surface area contributed by atoms with Crippen molar-refractivity contribution in [2.45, 2.75) is 6.92 Å². The van der Waals surface area contributed by atoms with Crippen LogP contribution in [0.1, 0.15) is 6.92 Å². The maximum Gasteiger partial charge on any atom is 0.301 e. The zero-order valence-corrected chi connectivity index (χ0v) is 10.7. The van der Waals surface area contributed by atoms with Crippen LogP contribution >= 0.6 is 0 Å². The minimum absolute atomic E-state index is 0.0975. The highest BCUT2D eigenvalue weighted by molar-refractivity contribution is 7.90. The second kappa shape index (κ2) is 5.33. The molecule has 0 aliphatic rings. The van der Waals surface area contributed by atoms with Crippen LogP contribution in [0.2, 0.25) is 0 Å². The molecule has 0 aliphatic heterocycles. The fraction of sp³-hybridized carbons (Fsp3) is 0.400. The minimum atomic E-state index is -3.62. The Kier molecular flexibility index (Phi) is 4.30. The fourth-order valence-corrected chi connectivity index (χ4v) is 1.68. The predicted molar refractivity (Wildman–Crippen MR) is 63.8 cm³/mol. The summed E-state index contributed by atoms with van der Waals surface area (Å²) in [7, 11) is -0.853. The molecule has 0 saturated carbocycles. The maximum atomic E-state index is 13.4. The maximum absolute atomic E-state index is 13.4. The molecule has 0 radical (unpaired) electrons. The highest BCUT2D eigenvalue weighted by atomic mass is 32.2. The summed E-state index contributed by atoms with van der Waals surface area (Å²) in [5.41, 5.74) is 0.152. The van der Waals surface area contributed by atoms with Crippen LogP contribution in [-0.4, -0.2) is 33.4 Å². The Bertz CT molecular complexity index is 488. The third-order valence-electron chi connectivity index (χ3n) is 1.96. The van der Waals surface area contributed by atoms with E-state index >= 15 is 0 Å². The van der Waals surface area contributed by atoms with Gasteiger partial charge in [-0.1, -0.05) is 0 Å². The van der Waals surface area contributed by atoms with Crippen LogP contribution in [0.25, 0.3) is 0 Å². The van der Waals surface area contributed by atoms with E-state index in [1.165, 1.54) is 26.2 Å². The van der Waals surface area contributed by atoms with Crippen molar-refractivity contribution in [3.8, 4) is 5.75 Å². The minimum Gasteiger partial charge on any atom is -0.491 e. The lowest BCUT2D eigenvalue weighted by molar-refractivity contribution is 0.321. The summed E-state index contributed by atoms with van der Waals surface area (Å²) in [5, 5.41) is 0. The molecule has 0 atom stereocenters. The summed E-state index contributed by atoms with van der Waals surface area (Å²) in [6, 6.07) is 3.90. The molecule has 0 aliphatic carbocycles. The van der Waals surface area contributed by atoms with Crippen molar-refractivity contribution in [3.05, 3.63) is 24.0 Å². The summed E-state index contributed by atoms with van der Waals surface area (Å²) < 4.78 is 44.6. The molecule has 0 heterocycles. The van der Waals surface area contributed by atoms with Gasteiger partial charge in [0.1, 0.15) is 0 Å². The third kappa shape index (κ3) is 3.57. The molecular formula is C10H15FN2O3S. The molecule has 7 heteroatoms. The number of anilines is 1. The predicted octanol–water partition coefficient (Wildman–Crippen LogP) is 1.44. The molecule has 0 aromatic heterocycles. The number of nitrogens with one attached hydrogen (secondary N) is 1. The van der Waals surface area contributed by atoms with E-state index in [-0.39, 0.29) is 11.4 Å². The van der Waals surface area contributed by atoms with Crippen LogP contribution in [-0.2, 0) is 10.2 Å². The van der Waals surface area contributed by atoms with Crippen molar-refractivity contribution in [2.75, 3.05) is 25.4 Å². The van der Waals surface area contributed by atoms with Crippen LogP contribution < -0.4 is 9.46 Å². The Morgan fingerprint density at radius 1 is 1.41 bits per heavy atom. The highest BCUT2D eigenvalue weighted by Crippen LogP contribution is 2.21. The number of halogens is 1. The first-order chi connectivity index (χ1) is 7.86. The average molecular weight is 262 g/mol. The number of hydrogen-bond donors (Lipinski definition) is 1. The number of nitrogens with zero attached hydrogens (tertiary/aromatic N) is 1. The quantitative estimate of drug-likeness (QED) is 0.873. The molecule has 0 unspecified atom stereocenters. The van der Waals surface area contributed by atoms with Gasteiger partial charge in [-0.2, -0.15) is 12.7 Å². The molecule has 96 valence electrons. The van der Waals surface area contributed by atoms with E-state index in [1.54, 1.807) is 6.92 Å². The Hall–Kier alpha value is -1.34. The summed E-state index contributed by atoms with van der Waals surface area (Å²) in [6.07, 6.45) is 0. The van der Waals surface area contributed by atoms with Crippen LogP contribution in [0.4, 0.5) is 10.1 Å². The molecule has 1 N–H and O–H groups in total. The zero-order valence-electron chi connectivity index (χ0n) is 9.90. The lowest BCUT2D eigenvalue weighted by Gasteiger charge is -2.14. The van der Waals surface area contributed by atoms with Gasteiger partial charge in [-0.15, -0.1) is 0 Å². The van der Waals surface area contributed by atoms with Crippen molar-refractivity contribution in [3.63, 3.8) is 0 Å². The average Bonchev–Trinajstić information content (AvgIpc) is 2.21. The van der Waals surface area contributed by atoms with Crippen molar-refractivity contribution >= 4 is 15.9 Å². The van der Waals surface area contributed by atoms with Gasteiger partial charge in [0.15, 0.2) is 11.6 Å². The smallest absolute Gasteiger partial charge is 0.301 e. The number of ether oxygens (including phenoxy) is 1. The summed E-state index contributed by atoms with van der Waals surface area (Å²) in [6.45, 7) is 2.09. The van der Waals surface area contributed by atoms with Gasteiger partial charge in [-0.25, -0.2) is 4.39 Å². The topological polar surface area (TPSA) is 58.6 Å². The van der Waals surface area contributed by atoms with E-state index in [0.717, 1.165) is 10.4 Å². The fourth-order valence-electron chi connectivity index (χ4n) is 1.08. The molecule has 0 fully saturated rings. The molecular weight excluding hydrogens is 247 g/mol. The van der Waals surface area contributed by atoms with Gasteiger partial charge in [0.25, 0.3) is 0 Å². The van der Waals surface area contributed by atoms with Crippen molar-refractivity contribution in [2.24, 2.45) is 0 Å². The van der Waals surface area contributed by atoms with Crippen LogP contribution in [0.15, 0.2) is 18.2 Å². The molecule has 0 bridgehead atoms. The van der Waals surface area contributed by atoms with Gasteiger partial charge in [0.05, 0.1) is 12.3 Å². The molecule has 0 spiro atoms. The molecule has 0 saturated heterocycles. The van der Waals surface area contributed by atoms with Crippen molar-refractivity contribution < 1.29 is 17.5 Å². The van der Waals surface area contributed by atoms with Crippen molar-refractivity contribution in [1.82, 2.24) is 4.31 Å². The monoisotopic (exact) mass is 262 g/mol. The molecule has 0 amide bonds. The van der Waals surface area contributed by atoms with E-state index in [4.69, 9.17) is 4.74 Å². The largest absolute Gasteiger partial charge is 0.491 e. The second-order valence-electron chi connectivity index (χ2n) is 3.47. The van der Waals surface area contributed by atoms with Gasteiger partial charge >= 0.3 is 10.2 Å². The van der Waals surface area contributed by atoms with E-state index in [1.807, 2.05) is 0 Å². The van der Waals surface area contributed by atoms with Gasteiger partial charge in [0.2, 0.25) is 0 Å². The third-order valence-corrected chi connectivity index (χ3v) is 3.41. The van der Waals surface area contributed by atoms with Gasteiger partial charge in [-0.3, -0.25) is 4.72 Å². The number of rotatable bonds is 5. The van der Waals surface area contributed by atoms with E-state index in [0.29, 0.717) is 6.61 Å². The molecule has 1 rings (SSSR count). The first-order valence-corrected chi connectivity index (χ1v) is 6.43. The number of hydrogen-bond acceptors (Lipinski definition) is 3. The molecule has 1 aromatic carbocycles. The van der Waals surface area contributed by atoms with Gasteiger partial charge < -0.3 is 4.74 Å². The van der Waals surface area contributed by atoms with Crippen LogP contribution in [0.3, 0.4) is 0 Å². The molecule has 1 aromatic rings. The SMILES string of the molecule is CCOc1ccc(NS(=O)(=O)N(C)C)cc1F. The molecule has 17 heavy (non-hydrogen) atoms. The Labute approximate surface area is 100 Å². The Morgan fingerprint density at radius 2 is 2.06 bits per heavy atom. The van der Waals surface area contributed by atoms with Gasteiger partial charge in [-0.05, 0) is 19.1 Å². The van der Waals surface area contributed by atoms with E-state index in [2.05, 4.69) is 4.72 Å². The second-order valence-corrected chi connectivity index (χ2v) is 5.35. The number of benzene rings is 1. The first-order valence-electron chi connectivity index (χ1n) is 4.99. The summed E-state index contributed by atoms with van der Waals surface area (Å²) >= 11 is 0. The summed E-state index contributed by atoms with van der Waals surface area (Å²) in [4.78, 5) is 0. The van der Waals surface area contributed by atoms with E-state index < -0.39 is 16.0 Å². The van der Waals surface area contributed by atoms with Gasteiger partial charge in [0, 0.05) is 20.2 Å². The zero-order chi connectivity index (χ0) is 13.1. The summed E-state index contributed by atoms with van der Waals surface area (Å²) in [5.74, 6) is -0.508. The Balaban J connectivity index is 2.92. The van der Waals surface area contributed by atoms with Crippen LogP contribution in [0, 0.1) is 5.82 Å². The standard InChI is InChI=1S/C10H15FN2O3S/c1-4-16-10-6-5-8(7-9(10)11)12-17(14,15)13(2)3/h5-7,12H,4H2,1-3H3. The molecule has 5 nitrogen and oxygen atoms in total. The Morgan fingerprint density at radius 3 is 2.53 bits per heavy atom.